The van der Waals surface area contributed by atoms with E-state index in [1.165, 1.54) is 0 Å². The van der Waals surface area contributed by atoms with Crippen LogP contribution in [-0.2, 0) is 6.54 Å². The first kappa shape index (κ1) is 15.7. The van der Waals surface area contributed by atoms with E-state index in [9.17, 15) is 4.79 Å². The zero-order valence-electron chi connectivity index (χ0n) is 12.3. The van der Waals surface area contributed by atoms with Crippen LogP contribution in [0.25, 0.3) is 0 Å². The van der Waals surface area contributed by atoms with Gasteiger partial charge in [0.2, 0.25) is 5.78 Å². The van der Waals surface area contributed by atoms with E-state index in [-0.39, 0.29) is 5.78 Å². The van der Waals surface area contributed by atoms with E-state index in [4.69, 9.17) is 23.2 Å². The molecule has 0 bridgehead atoms. The Bertz CT molecular complexity index is 839. The van der Waals surface area contributed by atoms with Crippen LogP contribution in [0.3, 0.4) is 0 Å². The number of ketones is 1. The molecule has 0 atom stereocenters. The molecule has 2 aromatic carbocycles. The summed E-state index contributed by atoms with van der Waals surface area (Å²) in [5.41, 5.74) is 2.54. The third kappa shape index (κ3) is 3.44. The second kappa shape index (κ2) is 6.52. The summed E-state index contributed by atoms with van der Waals surface area (Å²) < 4.78 is 1.66. The van der Waals surface area contributed by atoms with E-state index >= 15 is 0 Å². The maximum Gasteiger partial charge on any atom is 0.215 e. The Labute approximate surface area is 143 Å². The highest BCUT2D eigenvalue weighted by atomic mass is 35.5. The van der Waals surface area contributed by atoms with Crippen molar-refractivity contribution in [1.82, 2.24) is 15.0 Å². The fraction of sp³-hybridized carbons (Fsp3) is 0.118. The summed E-state index contributed by atoms with van der Waals surface area (Å²) in [5, 5.41) is 9.23. The first-order valence-electron chi connectivity index (χ1n) is 6.99. The minimum absolute atomic E-state index is 0.140. The molecule has 0 aliphatic rings. The summed E-state index contributed by atoms with van der Waals surface area (Å²) in [6.07, 6.45) is 0. The first-order chi connectivity index (χ1) is 11.0. The van der Waals surface area contributed by atoms with Crippen LogP contribution in [0.4, 0.5) is 0 Å². The van der Waals surface area contributed by atoms with Gasteiger partial charge in [0, 0.05) is 15.6 Å². The average molecular weight is 346 g/mol. The molecular weight excluding hydrogens is 333 g/mol. The fourth-order valence-electron chi connectivity index (χ4n) is 2.32. The molecule has 3 rings (SSSR count). The number of halogens is 2. The number of carbonyl (C=O) groups excluding carboxylic acids is 1. The molecular formula is C17H13Cl2N3O. The monoisotopic (exact) mass is 345 g/mol. The standard InChI is InChI=1S/C17H13Cl2N3O/c1-11-16(17(23)13-5-3-2-4-6-13)20-21-22(11)10-12-7-14(18)9-15(19)8-12/h2-9H,10H2,1H3. The first-order valence-corrected chi connectivity index (χ1v) is 7.75. The molecule has 3 aromatic rings. The molecule has 1 heterocycles. The van der Waals surface area contributed by atoms with Crippen molar-refractivity contribution >= 4 is 29.0 Å². The van der Waals surface area contributed by atoms with Crippen molar-refractivity contribution in [3.05, 3.63) is 81.1 Å². The van der Waals surface area contributed by atoms with E-state index in [1.807, 2.05) is 37.3 Å². The largest absolute Gasteiger partial charge is 0.287 e. The van der Waals surface area contributed by atoms with Gasteiger partial charge in [0.25, 0.3) is 0 Å². The minimum atomic E-state index is -0.140. The predicted octanol–water partition coefficient (Wildman–Crippen LogP) is 4.17. The molecule has 4 nitrogen and oxygen atoms in total. The van der Waals surface area contributed by atoms with E-state index < -0.39 is 0 Å². The van der Waals surface area contributed by atoms with Gasteiger partial charge >= 0.3 is 0 Å². The average Bonchev–Trinajstić information content (AvgIpc) is 2.87. The molecule has 116 valence electrons. The molecule has 0 fully saturated rings. The summed E-state index contributed by atoms with van der Waals surface area (Å²) in [4.78, 5) is 12.5. The van der Waals surface area contributed by atoms with Crippen LogP contribution >= 0.6 is 23.2 Å². The summed E-state index contributed by atoms with van der Waals surface area (Å²) in [6, 6.07) is 14.3. The summed E-state index contributed by atoms with van der Waals surface area (Å²) >= 11 is 12.0. The van der Waals surface area contributed by atoms with Gasteiger partial charge in [0.1, 0.15) is 0 Å². The van der Waals surface area contributed by atoms with Gasteiger partial charge in [-0.1, -0.05) is 58.7 Å². The molecule has 1 aromatic heterocycles. The van der Waals surface area contributed by atoms with Gasteiger partial charge in [0.05, 0.1) is 12.2 Å². The molecule has 0 aliphatic carbocycles. The van der Waals surface area contributed by atoms with Gasteiger partial charge in [-0.2, -0.15) is 0 Å². The number of rotatable bonds is 4. The van der Waals surface area contributed by atoms with Crippen LogP contribution < -0.4 is 0 Å². The third-order valence-corrected chi connectivity index (χ3v) is 3.92. The van der Waals surface area contributed by atoms with Crippen molar-refractivity contribution in [1.29, 1.82) is 0 Å². The van der Waals surface area contributed by atoms with Gasteiger partial charge in [-0.3, -0.25) is 4.79 Å². The van der Waals surface area contributed by atoms with Gasteiger partial charge < -0.3 is 0 Å². The Hall–Kier alpha value is -2.17. The summed E-state index contributed by atoms with van der Waals surface area (Å²) in [7, 11) is 0. The quantitative estimate of drug-likeness (QED) is 0.666. The maximum atomic E-state index is 12.5. The second-order valence-electron chi connectivity index (χ2n) is 5.15. The lowest BCUT2D eigenvalue weighted by atomic mass is 10.1. The molecule has 0 unspecified atom stereocenters. The molecule has 6 heteroatoms. The number of carbonyl (C=O) groups is 1. The van der Waals surface area contributed by atoms with Gasteiger partial charge in [0.15, 0.2) is 5.69 Å². The lowest BCUT2D eigenvalue weighted by molar-refractivity contribution is 0.103. The van der Waals surface area contributed by atoms with E-state index in [2.05, 4.69) is 10.3 Å². The van der Waals surface area contributed by atoms with Gasteiger partial charge in [-0.15, -0.1) is 5.10 Å². The van der Waals surface area contributed by atoms with Crippen LogP contribution in [0.2, 0.25) is 10.0 Å². The van der Waals surface area contributed by atoms with Gasteiger partial charge in [-0.05, 0) is 30.7 Å². The highest BCUT2D eigenvalue weighted by molar-refractivity contribution is 6.34. The molecule has 0 saturated carbocycles. The lowest BCUT2D eigenvalue weighted by Gasteiger charge is -2.05. The van der Waals surface area contributed by atoms with Crippen LogP contribution in [0.1, 0.15) is 27.3 Å². The zero-order valence-corrected chi connectivity index (χ0v) is 13.8. The normalized spacial score (nSPS) is 10.7. The molecule has 0 saturated heterocycles. The van der Waals surface area contributed by atoms with Crippen molar-refractivity contribution in [2.75, 3.05) is 0 Å². The minimum Gasteiger partial charge on any atom is -0.287 e. The Kier molecular flexibility index (Phi) is 4.46. The number of hydrogen-bond acceptors (Lipinski definition) is 3. The number of nitrogens with zero attached hydrogens (tertiary/aromatic N) is 3. The Morgan fingerprint density at radius 3 is 2.39 bits per heavy atom. The Morgan fingerprint density at radius 1 is 1.09 bits per heavy atom. The van der Waals surface area contributed by atoms with E-state index in [1.54, 1.807) is 22.9 Å². The van der Waals surface area contributed by atoms with Crippen LogP contribution in [0.15, 0.2) is 48.5 Å². The number of aromatic nitrogens is 3. The molecule has 0 amide bonds. The van der Waals surface area contributed by atoms with Crippen molar-refractivity contribution in [2.24, 2.45) is 0 Å². The molecule has 0 spiro atoms. The molecule has 0 aliphatic heterocycles. The molecule has 0 radical (unpaired) electrons. The van der Waals surface area contributed by atoms with Crippen molar-refractivity contribution in [3.63, 3.8) is 0 Å². The predicted molar refractivity (Wildman–Crippen MR) is 90.2 cm³/mol. The third-order valence-electron chi connectivity index (χ3n) is 3.49. The topological polar surface area (TPSA) is 47.8 Å². The Balaban J connectivity index is 1.89. The lowest BCUT2D eigenvalue weighted by Crippen LogP contribution is -2.07. The summed E-state index contributed by atoms with van der Waals surface area (Å²) in [5.74, 6) is -0.140. The Morgan fingerprint density at radius 2 is 1.74 bits per heavy atom. The molecule has 0 N–H and O–H groups in total. The summed E-state index contributed by atoms with van der Waals surface area (Å²) in [6.45, 7) is 2.27. The number of hydrogen-bond donors (Lipinski definition) is 0. The van der Waals surface area contributed by atoms with Gasteiger partial charge in [-0.25, -0.2) is 4.68 Å². The highest BCUT2D eigenvalue weighted by Crippen LogP contribution is 2.20. The zero-order chi connectivity index (χ0) is 16.4. The highest BCUT2D eigenvalue weighted by Gasteiger charge is 2.18. The van der Waals surface area contributed by atoms with E-state index in [0.717, 1.165) is 5.56 Å². The second-order valence-corrected chi connectivity index (χ2v) is 6.03. The number of benzene rings is 2. The smallest absolute Gasteiger partial charge is 0.215 e. The van der Waals surface area contributed by atoms with Crippen molar-refractivity contribution in [3.8, 4) is 0 Å². The van der Waals surface area contributed by atoms with E-state index in [0.29, 0.717) is 33.5 Å². The van der Waals surface area contributed by atoms with Crippen LogP contribution in [-0.4, -0.2) is 20.8 Å². The van der Waals surface area contributed by atoms with Crippen molar-refractivity contribution in [2.45, 2.75) is 13.5 Å². The SMILES string of the molecule is Cc1c(C(=O)c2ccccc2)nnn1Cc1cc(Cl)cc(Cl)c1. The van der Waals surface area contributed by atoms with Crippen LogP contribution in [0.5, 0.6) is 0 Å². The van der Waals surface area contributed by atoms with Crippen LogP contribution in [0, 0.1) is 6.92 Å². The fourth-order valence-corrected chi connectivity index (χ4v) is 2.89. The maximum absolute atomic E-state index is 12.5. The molecule has 23 heavy (non-hydrogen) atoms. The van der Waals surface area contributed by atoms with Crippen molar-refractivity contribution < 1.29 is 4.79 Å².